The maximum Gasteiger partial charge on any atom is 0.346 e. The van der Waals surface area contributed by atoms with Gasteiger partial charge in [-0.1, -0.05) is 6.92 Å². The predicted octanol–water partition coefficient (Wildman–Crippen LogP) is 0.288. The van der Waals surface area contributed by atoms with Gasteiger partial charge in [-0.15, -0.1) is 0 Å². The van der Waals surface area contributed by atoms with Gasteiger partial charge in [0.1, 0.15) is 5.82 Å². The summed E-state index contributed by atoms with van der Waals surface area (Å²) in [5.74, 6) is 1.28. The number of nitrogens with two attached hydrogens (primary N) is 1. The van der Waals surface area contributed by atoms with Crippen LogP contribution in [-0.2, 0) is 0 Å². The molecule has 62 valence electrons. The predicted molar refractivity (Wildman–Crippen MR) is 48.8 cm³/mol. The average molecular weight is 173 g/mol. The zero-order chi connectivity index (χ0) is 8.69. The van der Waals surface area contributed by atoms with Crippen molar-refractivity contribution in [1.29, 1.82) is 0 Å². The summed E-state index contributed by atoms with van der Waals surface area (Å²) in [4.78, 5) is 15.9. The van der Waals surface area contributed by atoms with Crippen LogP contribution >= 0.6 is 12.6 Å². The number of aromatic amines is 1. The zero-order valence-electron chi connectivity index (χ0n) is 6.24. The van der Waals surface area contributed by atoms with Gasteiger partial charge in [-0.25, -0.2) is 9.78 Å². The molecular formula is C6H11N3OS. The maximum absolute atomic E-state index is 10.2. The summed E-state index contributed by atoms with van der Waals surface area (Å²) in [6.07, 6.45) is 1.36. The summed E-state index contributed by atoms with van der Waals surface area (Å²) in [7, 11) is 0. The molecule has 0 saturated heterocycles. The van der Waals surface area contributed by atoms with E-state index in [0.717, 1.165) is 5.75 Å². The number of nitrogens with one attached hydrogen (secondary N) is 1. The van der Waals surface area contributed by atoms with Crippen molar-refractivity contribution in [2.24, 2.45) is 0 Å². The van der Waals surface area contributed by atoms with Crippen LogP contribution in [0.1, 0.15) is 6.92 Å². The van der Waals surface area contributed by atoms with E-state index in [1.807, 2.05) is 6.92 Å². The molecule has 0 aliphatic heterocycles. The molecule has 0 aliphatic rings. The number of rotatable bonds is 0. The van der Waals surface area contributed by atoms with E-state index in [1.54, 1.807) is 0 Å². The van der Waals surface area contributed by atoms with Gasteiger partial charge in [0.15, 0.2) is 0 Å². The summed E-state index contributed by atoms with van der Waals surface area (Å²) in [5.41, 5.74) is 4.75. The Labute approximate surface area is 70.3 Å². The van der Waals surface area contributed by atoms with Crippen molar-refractivity contribution in [3.63, 3.8) is 0 Å². The van der Waals surface area contributed by atoms with Gasteiger partial charge in [-0.3, -0.25) is 4.98 Å². The first-order valence-electron chi connectivity index (χ1n) is 3.12. The standard InChI is InChI=1S/C4H5N3O.C2H6S/c5-3-1-2-6-4(8)7-3;1-2-3/h1-2H,(H3,5,6,7,8);3H,2H2,1H3. The van der Waals surface area contributed by atoms with Crippen LogP contribution in [0.5, 0.6) is 0 Å². The van der Waals surface area contributed by atoms with Gasteiger partial charge in [0.2, 0.25) is 0 Å². The Morgan fingerprint density at radius 3 is 2.64 bits per heavy atom. The first-order chi connectivity index (χ1) is 5.20. The van der Waals surface area contributed by atoms with E-state index >= 15 is 0 Å². The van der Waals surface area contributed by atoms with Gasteiger partial charge in [-0.05, 0) is 11.8 Å². The summed E-state index contributed by atoms with van der Waals surface area (Å²) >= 11 is 3.79. The van der Waals surface area contributed by atoms with Gasteiger partial charge < -0.3 is 5.73 Å². The molecule has 1 rings (SSSR count). The van der Waals surface area contributed by atoms with Crippen LogP contribution in [0.4, 0.5) is 5.82 Å². The van der Waals surface area contributed by atoms with E-state index in [9.17, 15) is 4.79 Å². The fraction of sp³-hybridized carbons (Fsp3) is 0.333. The van der Waals surface area contributed by atoms with E-state index in [4.69, 9.17) is 5.73 Å². The topological polar surface area (TPSA) is 71.8 Å². The molecule has 0 bridgehead atoms. The van der Waals surface area contributed by atoms with E-state index in [2.05, 4.69) is 22.6 Å². The number of hydrogen-bond donors (Lipinski definition) is 3. The van der Waals surface area contributed by atoms with Crippen LogP contribution in [0, 0.1) is 0 Å². The van der Waals surface area contributed by atoms with Crippen LogP contribution in [0.3, 0.4) is 0 Å². The molecule has 3 N–H and O–H groups in total. The highest BCUT2D eigenvalue weighted by Gasteiger charge is 1.80. The monoisotopic (exact) mass is 173 g/mol. The number of nitrogen functional groups attached to an aromatic ring is 1. The van der Waals surface area contributed by atoms with Crippen molar-refractivity contribution in [3.05, 3.63) is 22.7 Å². The number of thiol groups is 1. The molecular weight excluding hydrogens is 162 g/mol. The van der Waals surface area contributed by atoms with Gasteiger partial charge in [-0.2, -0.15) is 12.6 Å². The Morgan fingerprint density at radius 2 is 2.36 bits per heavy atom. The largest absolute Gasteiger partial charge is 0.385 e. The number of hydrogen-bond acceptors (Lipinski definition) is 4. The Hall–Kier alpha value is -0.970. The number of aromatic nitrogens is 2. The quantitative estimate of drug-likeness (QED) is 0.494. The molecule has 0 spiro atoms. The van der Waals surface area contributed by atoms with Crippen molar-refractivity contribution < 1.29 is 0 Å². The smallest absolute Gasteiger partial charge is 0.346 e. The summed E-state index contributed by atoms with van der Waals surface area (Å²) in [6.45, 7) is 1.99. The summed E-state index contributed by atoms with van der Waals surface area (Å²) in [5, 5.41) is 0. The second kappa shape index (κ2) is 5.79. The zero-order valence-corrected chi connectivity index (χ0v) is 7.14. The lowest BCUT2D eigenvalue weighted by Crippen LogP contribution is -2.10. The van der Waals surface area contributed by atoms with Gasteiger partial charge >= 0.3 is 5.69 Å². The van der Waals surface area contributed by atoms with Crippen LogP contribution in [-0.4, -0.2) is 15.7 Å². The molecule has 4 nitrogen and oxygen atoms in total. The second-order valence-electron chi connectivity index (χ2n) is 1.65. The van der Waals surface area contributed by atoms with Crippen molar-refractivity contribution in [2.75, 3.05) is 11.5 Å². The van der Waals surface area contributed by atoms with E-state index < -0.39 is 5.69 Å². The lowest BCUT2D eigenvalue weighted by molar-refractivity contribution is 1.08. The molecule has 1 aromatic heterocycles. The number of nitrogens with zero attached hydrogens (tertiary/aromatic N) is 1. The van der Waals surface area contributed by atoms with Crippen LogP contribution < -0.4 is 11.4 Å². The fourth-order valence-electron chi connectivity index (χ4n) is 0.383. The molecule has 1 aromatic rings. The Bertz CT molecular complexity index is 248. The van der Waals surface area contributed by atoms with E-state index in [1.165, 1.54) is 12.3 Å². The fourth-order valence-corrected chi connectivity index (χ4v) is 0.383. The number of H-pyrrole nitrogens is 1. The van der Waals surface area contributed by atoms with Crippen LogP contribution in [0.25, 0.3) is 0 Å². The summed E-state index contributed by atoms with van der Waals surface area (Å²) in [6, 6.07) is 1.52. The third-order valence-electron chi connectivity index (χ3n) is 0.697. The van der Waals surface area contributed by atoms with Gasteiger partial charge in [0.05, 0.1) is 0 Å². The molecule has 0 radical (unpaired) electrons. The Balaban J connectivity index is 0.000000292. The van der Waals surface area contributed by atoms with Crippen molar-refractivity contribution in [3.8, 4) is 0 Å². The lowest BCUT2D eigenvalue weighted by atomic mass is 10.6. The minimum atomic E-state index is -0.412. The minimum absolute atomic E-state index is 0.338. The van der Waals surface area contributed by atoms with E-state index in [0.29, 0.717) is 5.82 Å². The first kappa shape index (κ1) is 10.0. The number of anilines is 1. The van der Waals surface area contributed by atoms with Crippen molar-refractivity contribution in [1.82, 2.24) is 9.97 Å². The molecule has 0 unspecified atom stereocenters. The van der Waals surface area contributed by atoms with Crippen molar-refractivity contribution >= 4 is 18.4 Å². The lowest BCUT2D eigenvalue weighted by Gasteiger charge is -1.84. The van der Waals surface area contributed by atoms with Crippen LogP contribution in [0.15, 0.2) is 17.1 Å². The normalized spacial score (nSPS) is 8.18. The SMILES string of the molecule is CCS.Nc1ccnc(=O)[nH]1. The molecule has 0 saturated carbocycles. The molecule has 0 aromatic carbocycles. The average Bonchev–Trinajstić information content (AvgIpc) is 1.88. The first-order valence-corrected chi connectivity index (χ1v) is 3.75. The Kier molecular flexibility index (Phi) is 5.28. The molecule has 0 amide bonds. The molecule has 0 aliphatic carbocycles. The summed E-state index contributed by atoms with van der Waals surface area (Å²) < 4.78 is 0. The Morgan fingerprint density at radius 1 is 1.82 bits per heavy atom. The molecule has 5 heteroatoms. The molecule has 1 heterocycles. The second-order valence-corrected chi connectivity index (χ2v) is 2.28. The van der Waals surface area contributed by atoms with Gasteiger partial charge in [0.25, 0.3) is 0 Å². The highest BCUT2D eigenvalue weighted by atomic mass is 32.1. The van der Waals surface area contributed by atoms with Crippen LogP contribution in [0.2, 0.25) is 0 Å². The van der Waals surface area contributed by atoms with Crippen molar-refractivity contribution in [2.45, 2.75) is 6.92 Å². The van der Waals surface area contributed by atoms with E-state index in [-0.39, 0.29) is 0 Å². The molecule has 0 atom stereocenters. The molecule has 0 fully saturated rings. The minimum Gasteiger partial charge on any atom is -0.385 e. The van der Waals surface area contributed by atoms with Gasteiger partial charge in [0, 0.05) is 6.20 Å². The maximum atomic E-state index is 10.2. The highest BCUT2D eigenvalue weighted by Crippen LogP contribution is 1.82. The highest BCUT2D eigenvalue weighted by molar-refractivity contribution is 7.80. The molecule has 11 heavy (non-hydrogen) atoms. The third kappa shape index (κ3) is 5.47. The third-order valence-corrected chi connectivity index (χ3v) is 0.697.